The van der Waals surface area contributed by atoms with Crippen molar-refractivity contribution in [3.63, 3.8) is 0 Å². The van der Waals surface area contributed by atoms with Gasteiger partial charge in [0.1, 0.15) is 18.0 Å². The van der Waals surface area contributed by atoms with Gasteiger partial charge in [-0.15, -0.1) is 0 Å². The molecule has 3 N–H and O–H groups in total. The molecule has 2 bridgehead atoms. The van der Waals surface area contributed by atoms with Crippen molar-refractivity contribution in [2.75, 3.05) is 23.4 Å². The van der Waals surface area contributed by atoms with Crippen LogP contribution in [0.15, 0.2) is 6.33 Å². The first-order valence-corrected chi connectivity index (χ1v) is 6.91. The number of aromatic nitrogens is 2. The molecule has 2 atom stereocenters. The van der Waals surface area contributed by atoms with Crippen molar-refractivity contribution < 1.29 is 4.74 Å². The van der Waals surface area contributed by atoms with Gasteiger partial charge >= 0.3 is 0 Å². The molecule has 19 heavy (non-hydrogen) atoms. The minimum Gasteiger partial charge on any atom is -0.371 e. The van der Waals surface area contributed by atoms with E-state index >= 15 is 0 Å². The molecule has 3 rings (SSSR count). The molecule has 0 aromatic carbocycles. The molecule has 1 aromatic rings. The zero-order valence-electron chi connectivity index (χ0n) is 11.5. The lowest BCUT2D eigenvalue weighted by molar-refractivity contribution is 0.0301. The van der Waals surface area contributed by atoms with Crippen molar-refractivity contribution >= 4 is 11.6 Å². The minimum absolute atomic E-state index is 0.322. The highest BCUT2D eigenvalue weighted by Crippen LogP contribution is 2.34. The lowest BCUT2D eigenvalue weighted by Crippen LogP contribution is -2.43. The van der Waals surface area contributed by atoms with E-state index in [1.54, 1.807) is 6.33 Å². The standard InChI is InChI=1S/C13H21N5O/c1-8(2)11-12(17-14)15-7-16-13(11)18-5-9-3-4-10(6-18)19-9/h7-10H,3-6,14H2,1-2H3,(H,15,16,17). The number of hydrogen-bond donors (Lipinski definition) is 2. The summed E-state index contributed by atoms with van der Waals surface area (Å²) in [6.45, 7) is 6.10. The zero-order chi connectivity index (χ0) is 13.4. The maximum Gasteiger partial charge on any atom is 0.148 e. The van der Waals surface area contributed by atoms with E-state index < -0.39 is 0 Å². The molecule has 3 heterocycles. The van der Waals surface area contributed by atoms with Crippen molar-refractivity contribution in [2.24, 2.45) is 5.84 Å². The van der Waals surface area contributed by atoms with Crippen molar-refractivity contribution in [1.82, 2.24) is 9.97 Å². The van der Waals surface area contributed by atoms with Gasteiger partial charge < -0.3 is 15.1 Å². The van der Waals surface area contributed by atoms with Crippen LogP contribution in [0.25, 0.3) is 0 Å². The average Bonchev–Trinajstić information content (AvgIpc) is 2.76. The van der Waals surface area contributed by atoms with Gasteiger partial charge in [0.2, 0.25) is 0 Å². The molecule has 0 spiro atoms. The van der Waals surface area contributed by atoms with Crippen LogP contribution in [0.3, 0.4) is 0 Å². The van der Waals surface area contributed by atoms with E-state index in [0.717, 1.165) is 43.1 Å². The van der Waals surface area contributed by atoms with E-state index in [2.05, 4.69) is 34.1 Å². The summed E-state index contributed by atoms with van der Waals surface area (Å²) >= 11 is 0. The number of nitrogens with one attached hydrogen (secondary N) is 1. The Labute approximate surface area is 113 Å². The molecule has 2 aliphatic rings. The summed E-state index contributed by atoms with van der Waals surface area (Å²) in [6, 6.07) is 0. The van der Waals surface area contributed by atoms with Crippen LogP contribution in [0, 0.1) is 0 Å². The van der Waals surface area contributed by atoms with Gasteiger partial charge in [-0.2, -0.15) is 0 Å². The number of rotatable bonds is 3. The topological polar surface area (TPSA) is 76.3 Å². The van der Waals surface area contributed by atoms with Gasteiger partial charge in [-0.3, -0.25) is 0 Å². The molecule has 6 heteroatoms. The van der Waals surface area contributed by atoms with Gasteiger partial charge in [-0.1, -0.05) is 13.8 Å². The largest absolute Gasteiger partial charge is 0.371 e. The second-order valence-corrected chi connectivity index (χ2v) is 5.62. The highest BCUT2D eigenvalue weighted by Gasteiger charge is 2.35. The molecule has 0 amide bonds. The van der Waals surface area contributed by atoms with Crippen molar-refractivity contribution in [3.8, 4) is 0 Å². The molecule has 6 nitrogen and oxygen atoms in total. The Kier molecular flexibility index (Phi) is 3.28. The van der Waals surface area contributed by atoms with Crippen LogP contribution in [0.4, 0.5) is 11.6 Å². The SMILES string of the molecule is CC(C)c1c(NN)ncnc1N1CC2CCC(C1)O2. The fraction of sp³-hybridized carbons (Fsp3) is 0.692. The van der Waals surface area contributed by atoms with Gasteiger partial charge in [-0.05, 0) is 18.8 Å². The monoisotopic (exact) mass is 263 g/mol. The lowest BCUT2D eigenvalue weighted by Gasteiger charge is -2.34. The van der Waals surface area contributed by atoms with E-state index in [9.17, 15) is 0 Å². The number of fused-ring (bicyclic) bond motifs is 2. The highest BCUT2D eigenvalue weighted by molar-refractivity contribution is 5.60. The predicted molar refractivity (Wildman–Crippen MR) is 74.0 cm³/mol. The Morgan fingerprint density at radius 3 is 2.58 bits per heavy atom. The average molecular weight is 263 g/mol. The van der Waals surface area contributed by atoms with Gasteiger partial charge in [0.05, 0.1) is 12.2 Å². The number of anilines is 2. The molecule has 0 radical (unpaired) electrons. The molecular weight excluding hydrogens is 242 g/mol. The van der Waals surface area contributed by atoms with Gasteiger partial charge in [0, 0.05) is 18.7 Å². The Morgan fingerprint density at radius 1 is 1.32 bits per heavy atom. The number of nitrogens with two attached hydrogens (primary N) is 1. The predicted octanol–water partition coefficient (Wildman–Crippen LogP) is 1.25. The Morgan fingerprint density at radius 2 is 2.00 bits per heavy atom. The quantitative estimate of drug-likeness (QED) is 0.631. The third kappa shape index (κ3) is 2.26. The van der Waals surface area contributed by atoms with E-state index in [0.29, 0.717) is 18.1 Å². The first-order valence-electron chi connectivity index (χ1n) is 6.91. The summed E-state index contributed by atoms with van der Waals surface area (Å²) in [6.07, 6.45) is 4.59. The Balaban J connectivity index is 1.95. The Bertz CT molecular complexity index is 452. The van der Waals surface area contributed by atoms with Crippen molar-refractivity contribution in [2.45, 2.75) is 44.8 Å². The van der Waals surface area contributed by atoms with Crippen LogP contribution < -0.4 is 16.2 Å². The molecule has 0 aliphatic carbocycles. The maximum atomic E-state index is 5.88. The van der Waals surface area contributed by atoms with Crippen LogP contribution in [-0.4, -0.2) is 35.3 Å². The fourth-order valence-corrected chi connectivity index (χ4v) is 3.07. The summed E-state index contributed by atoms with van der Waals surface area (Å²) in [4.78, 5) is 11.0. The second-order valence-electron chi connectivity index (χ2n) is 5.62. The van der Waals surface area contributed by atoms with Crippen molar-refractivity contribution in [3.05, 3.63) is 11.9 Å². The van der Waals surface area contributed by atoms with E-state index in [-0.39, 0.29) is 0 Å². The molecule has 2 fully saturated rings. The number of hydrazine groups is 1. The number of morpholine rings is 1. The Hall–Kier alpha value is -1.40. The molecule has 2 saturated heterocycles. The summed E-state index contributed by atoms with van der Waals surface area (Å²) in [5.41, 5.74) is 3.77. The molecule has 104 valence electrons. The normalized spacial score (nSPS) is 26.0. The third-order valence-corrected chi connectivity index (χ3v) is 3.92. The summed E-state index contributed by atoms with van der Waals surface area (Å²) in [5.74, 6) is 7.61. The third-order valence-electron chi connectivity index (χ3n) is 3.92. The van der Waals surface area contributed by atoms with Gasteiger partial charge in [0.15, 0.2) is 0 Å². The summed E-state index contributed by atoms with van der Waals surface area (Å²) < 4.78 is 5.88. The van der Waals surface area contributed by atoms with E-state index in [1.807, 2.05) is 0 Å². The van der Waals surface area contributed by atoms with Crippen LogP contribution >= 0.6 is 0 Å². The molecular formula is C13H21N5O. The smallest absolute Gasteiger partial charge is 0.148 e. The summed E-state index contributed by atoms with van der Waals surface area (Å²) in [5, 5.41) is 0. The fourth-order valence-electron chi connectivity index (χ4n) is 3.07. The number of ether oxygens (including phenoxy) is 1. The number of hydrogen-bond acceptors (Lipinski definition) is 6. The molecule has 0 saturated carbocycles. The number of nitrogen functional groups attached to an aromatic ring is 1. The number of nitrogens with zero attached hydrogens (tertiary/aromatic N) is 3. The van der Waals surface area contributed by atoms with Gasteiger partial charge in [0.25, 0.3) is 0 Å². The zero-order valence-corrected chi connectivity index (χ0v) is 11.5. The van der Waals surface area contributed by atoms with E-state index in [1.165, 1.54) is 0 Å². The first-order chi connectivity index (χ1) is 9.19. The van der Waals surface area contributed by atoms with Gasteiger partial charge in [-0.25, -0.2) is 15.8 Å². The summed E-state index contributed by atoms with van der Waals surface area (Å²) in [7, 11) is 0. The van der Waals surface area contributed by atoms with E-state index in [4.69, 9.17) is 10.6 Å². The minimum atomic E-state index is 0.322. The lowest BCUT2D eigenvalue weighted by atomic mass is 10.0. The highest BCUT2D eigenvalue weighted by atomic mass is 16.5. The van der Waals surface area contributed by atoms with Crippen LogP contribution in [0.2, 0.25) is 0 Å². The molecule has 1 aromatic heterocycles. The first kappa shape index (κ1) is 12.6. The molecule has 2 unspecified atom stereocenters. The van der Waals surface area contributed by atoms with Crippen molar-refractivity contribution in [1.29, 1.82) is 0 Å². The van der Waals surface area contributed by atoms with Crippen LogP contribution in [0.1, 0.15) is 38.2 Å². The van der Waals surface area contributed by atoms with Crippen LogP contribution in [-0.2, 0) is 4.74 Å². The maximum absolute atomic E-state index is 5.88. The van der Waals surface area contributed by atoms with Crippen LogP contribution in [0.5, 0.6) is 0 Å². The second kappa shape index (κ2) is 4.94. The molecule has 2 aliphatic heterocycles.